The molecule has 3 atom stereocenters. The maximum absolute atomic E-state index is 9.76. The molecule has 2 nitrogen and oxygen atoms in total. The van der Waals surface area contributed by atoms with Gasteiger partial charge in [-0.3, -0.25) is 0 Å². The molecule has 0 aromatic heterocycles. The molecular formula is C8H16ClNO. The molecule has 3 heteroatoms. The van der Waals surface area contributed by atoms with Gasteiger partial charge in [-0.2, -0.15) is 0 Å². The lowest BCUT2D eigenvalue weighted by molar-refractivity contribution is -0.116. The van der Waals surface area contributed by atoms with Crippen molar-refractivity contribution in [1.82, 2.24) is 0 Å². The first-order valence-electron chi connectivity index (χ1n) is 4.19. The van der Waals surface area contributed by atoms with E-state index in [4.69, 9.17) is 5.73 Å². The van der Waals surface area contributed by atoms with Gasteiger partial charge in [-0.05, 0) is 31.1 Å². The Bertz CT molecular complexity index is 153. The summed E-state index contributed by atoms with van der Waals surface area (Å²) in [7, 11) is 0. The summed E-state index contributed by atoms with van der Waals surface area (Å²) in [6.07, 6.45) is 4.80. The molecule has 3 N–H and O–H groups in total. The standard InChI is InChI=1S/C8H15NO.ClH/c9-5-8(10)4-6-2-1-3-7(6)8;/h6-7,10H,1-5,9H2;1H. The van der Waals surface area contributed by atoms with Gasteiger partial charge in [-0.25, -0.2) is 0 Å². The van der Waals surface area contributed by atoms with E-state index in [0.29, 0.717) is 12.5 Å². The van der Waals surface area contributed by atoms with Gasteiger partial charge in [0.1, 0.15) is 0 Å². The van der Waals surface area contributed by atoms with E-state index in [1.165, 1.54) is 19.3 Å². The van der Waals surface area contributed by atoms with Crippen LogP contribution in [0, 0.1) is 11.8 Å². The molecule has 2 aliphatic rings. The molecule has 3 unspecified atom stereocenters. The Labute approximate surface area is 73.6 Å². The highest BCUT2D eigenvalue weighted by molar-refractivity contribution is 5.85. The quantitative estimate of drug-likeness (QED) is 0.626. The highest BCUT2D eigenvalue weighted by atomic mass is 35.5. The Morgan fingerprint density at radius 3 is 2.73 bits per heavy atom. The predicted molar refractivity (Wildman–Crippen MR) is 46.7 cm³/mol. The molecule has 0 radical (unpaired) electrons. The van der Waals surface area contributed by atoms with E-state index in [1.54, 1.807) is 0 Å². The Morgan fingerprint density at radius 2 is 2.18 bits per heavy atom. The summed E-state index contributed by atoms with van der Waals surface area (Å²) in [4.78, 5) is 0. The first-order valence-corrected chi connectivity index (χ1v) is 4.19. The van der Waals surface area contributed by atoms with Crippen molar-refractivity contribution < 1.29 is 5.11 Å². The van der Waals surface area contributed by atoms with Gasteiger partial charge in [0.2, 0.25) is 0 Å². The van der Waals surface area contributed by atoms with Crippen molar-refractivity contribution in [1.29, 1.82) is 0 Å². The fourth-order valence-corrected chi connectivity index (χ4v) is 2.67. The molecule has 2 saturated carbocycles. The molecule has 0 spiro atoms. The smallest absolute Gasteiger partial charge is 0.0802 e. The molecule has 0 saturated heterocycles. The zero-order valence-corrected chi connectivity index (χ0v) is 7.44. The second-order valence-electron chi connectivity index (χ2n) is 3.81. The van der Waals surface area contributed by atoms with Gasteiger partial charge in [0.25, 0.3) is 0 Å². The molecule has 0 amide bonds. The molecule has 0 bridgehead atoms. The van der Waals surface area contributed by atoms with Crippen LogP contribution >= 0.6 is 12.4 Å². The van der Waals surface area contributed by atoms with E-state index in [9.17, 15) is 5.11 Å². The lowest BCUT2D eigenvalue weighted by atomic mass is 9.63. The van der Waals surface area contributed by atoms with Crippen LogP contribution in [-0.2, 0) is 0 Å². The van der Waals surface area contributed by atoms with Crippen molar-refractivity contribution >= 4 is 12.4 Å². The van der Waals surface area contributed by atoms with Gasteiger partial charge in [0.05, 0.1) is 5.60 Å². The topological polar surface area (TPSA) is 46.2 Å². The fourth-order valence-electron chi connectivity index (χ4n) is 2.67. The minimum absolute atomic E-state index is 0. The lowest BCUT2D eigenvalue weighted by Gasteiger charge is -2.48. The van der Waals surface area contributed by atoms with Crippen LogP contribution in [0.4, 0.5) is 0 Å². The molecule has 2 rings (SSSR count). The molecule has 66 valence electrons. The minimum atomic E-state index is -0.457. The van der Waals surface area contributed by atoms with Crippen LogP contribution < -0.4 is 5.73 Å². The van der Waals surface area contributed by atoms with Crippen molar-refractivity contribution in [3.63, 3.8) is 0 Å². The summed E-state index contributed by atoms with van der Waals surface area (Å²) in [6.45, 7) is 0.466. The van der Waals surface area contributed by atoms with Crippen molar-refractivity contribution in [3.05, 3.63) is 0 Å². The van der Waals surface area contributed by atoms with Crippen LogP contribution in [0.5, 0.6) is 0 Å². The molecular weight excluding hydrogens is 162 g/mol. The van der Waals surface area contributed by atoms with Crippen molar-refractivity contribution in [2.24, 2.45) is 17.6 Å². The van der Waals surface area contributed by atoms with Gasteiger partial charge in [-0.1, -0.05) is 6.42 Å². The fraction of sp³-hybridized carbons (Fsp3) is 1.00. The van der Waals surface area contributed by atoms with Crippen LogP contribution in [-0.4, -0.2) is 17.3 Å². The summed E-state index contributed by atoms with van der Waals surface area (Å²) < 4.78 is 0. The molecule has 0 heterocycles. The predicted octanol–water partition coefficient (Wildman–Crippen LogP) is 0.918. The van der Waals surface area contributed by atoms with Gasteiger partial charge < -0.3 is 10.8 Å². The summed E-state index contributed by atoms with van der Waals surface area (Å²) in [5.41, 5.74) is 5.02. The second-order valence-corrected chi connectivity index (χ2v) is 3.81. The number of hydrogen-bond acceptors (Lipinski definition) is 2. The number of aliphatic hydroxyl groups is 1. The summed E-state index contributed by atoms with van der Waals surface area (Å²) in [6, 6.07) is 0. The third-order valence-corrected chi connectivity index (χ3v) is 3.32. The SMILES string of the molecule is Cl.NCC1(O)CC2CCCC21. The molecule has 2 aliphatic carbocycles. The van der Waals surface area contributed by atoms with Crippen molar-refractivity contribution in [2.75, 3.05) is 6.54 Å². The zero-order valence-electron chi connectivity index (χ0n) is 6.62. The van der Waals surface area contributed by atoms with Gasteiger partial charge in [-0.15, -0.1) is 12.4 Å². The summed E-state index contributed by atoms with van der Waals surface area (Å²) in [5, 5.41) is 9.76. The first-order chi connectivity index (χ1) is 4.76. The Hall–Kier alpha value is 0.210. The van der Waals surface area contributed by atoms with Crippen molar-refractivity contribution in [2.45, 2.75) is 31.3 Å². The number of hydrogen-bond donors (Lipinski definition) is 2. The third-order valence-electron chi connectivity index (χ3n) is 3.32. The zero-order chi connectivity index (χ0) is 7.19. The Balaban J connectivity index is 0.000000605. The Kier molecular flexibility index (Phi) is 2.47. The number of nitrogens with two attached hydrogens (primary N) is 1. The Morgan fingerprint density at radius 1 is 1.45 bits per heavy atom. The van der Waals surface area contributed by atoms with Gasteiger partial charge >= 0.3 is 0 Å². The molecule has 2 fully saturated rings. The number of halogens is 1. The molecule has 0 aliphatic heterocycles. The van der Waals surface area contributed by atoms with Crippen LogP contribution in [0.1, 0.15) is 25.7 Å². The average molecular weight is 178 g/mol. The van der Waals surface area contributed by atoms with Crippen molar-refractivity contribution in [3.8, 4) is 0 Å². The molecule has 0 aromatic rings. The lowest BCUT2D eigenvalue weighted by Crippen LogP contribution is -2.56. The van der Waals surface area contributed by atoms with Crippen LogP contribution in [0.15, 0.2) is 0 Å². The normalized spacial score (nSPS) is 47.5. The average Bonchev–Trinajstić information content (AvgIpc) is 2.30. The third kappa shape index (κ3) is 1.17. The first kappa shape index (κ1) is 9.30. The van der Waals surface area contributed by atoms with Crippen LogP contribution in [0.2, 0.25) is 0 Å². The highest BCUT2D eigenvalue weighted by Gasteiger charge is 2.53. The summed E-state index contributed by atoms with van der Waals surface area (Å²) in [5.74, 6) is 1.37. The van der Waals surface area contributed by atoms with E-state index in [1.807, 2.05) is 0 Å². The maximum atomic E-state index is 9.76. The molecule has 0 aromatic carbocycles. The van der Waals surface area contributed by atoms with Gasteiger partial charge in [0, 0.05) is 6.54 Å². The number of rotatable bonds is 1. The maximum Gasteiger partial charge on any atom is 0.0802 e. The van der Waals surface area contributed by atoms with E-state index in [2.05, 4.69) is 0 Å². The molecule has 11 heavy (non-hydrogen) atoms. The van der Waals surface area contributed by atoms with E-state index < -0.39 is 5.60 Å². The number of fused-ring (bicyclic) bond motifs is 1. The summed E-state index contributed by atoms with van der Waals surface area (Å²) >= 11 is 0. The second kappa shape index (κ2) is 2.92. The largest absolute Gasteiger partial charge is 0.388 e. The van der Waals surface area contributed by atoms with Gasteiger partial charge in [0.15, 0.2) is 0 Å². The minimum Gasteiger partial charge on any atom is -0.388 e. The van der Waals surface area contributed by atoms with Crippen LogP contribution in [0.25, 0.3) is 0 Å². The van der Waals surface area contributed by atoms with E-state index in [-0.39, 0.29) is 12.4 Å². The highest BCUT2D eigenvalue weighted by Crippen LogP contribution is 2.52. The van der Waals surface area contributed by atoms with E-state index >= 15 is 0 Å². The monoisotopic (exact) mass is 177 g/mol. The van der Waals surface area contributed by atoms with Crippen LogP contribution in [0.3, 0.4) is 0 Å². The van der Waals surface area contributed by atoms with E-state index in [0.717, 1.165) is 12.3 Å².